The van der Waals surface area contributed by atoms with Crippen LogP contribution in [0, 0.1) is 11.8 Å². The van der Waals surface area contributed by atoms with E-state index in [1.807, 2.05) is 0 Å². The minimum absolute atomic E-state index is 0.0176. The molecule has 1 aromatic heterocycles. The number of hydrazine groups is 1. The summed E-state index contributed by atoms with van der Waals surface area (Å²) in [6, 6.07) is 7.45. The molecular weight excluding hydrogens is 463 g/mol. The van der Waals surface area contributed by atoms with Gasteiger partial charge in [0.2, 0.25) is 15.9 Å². The second kappa shape index (κ2) is 10.4. The average molecular weight is 485 g/mol. The van der Waals surface area contributed by atoms with Gasteiger partial charge in [-0.3, -0.25) is 25.4 Å². The van der Waals surface area contributed by atoms with Gasteiger partial charge in [-0.25, -0.2) is 13.1 Å². The predicted octanol–water partition coefficient (Wildman–Crippen LogP) is 2.93. The lowest BCUT2D eigenvalue weighted by molar-refractivity contribution is -0.127. The van der Waals surface area contributed by atoms with Gasteiger partial charge in [-0.05, 0) is 61.9 Å². The van der Waals surface area contributed by atoms with Gasteiger partial charge in [0.15, 0.2) is 0 Å². The van der Waals surface area contributed by atoms with E-state index in [0.717, 1.165) is 0 Å². The maximum atomic E-state index is 12.5. The van der Waals surface area contributed by atoms with Crippen molar-refractivity contribution < 1.29 is 18.0 Å². The Bertz CT molecular complexity index is 1040. The molecule has 2 aromatic rings. The number of hydrogen-bond donors (Lipinski definition) is 3. The maximum absolute atomic E-state index is 12.5. The summed E-state index contributed by atoms with van der Waals surface area (Å²) >= 11 is 11.8. The lowest BCUT2D eigenvalue weighted by Crippen LogP contribution is -2.45. The van der Waals surface area contributed by atoms with Crippen LogP contribution in [-0.2, 0) is 14.8 Å². The first kappa shape index (κ1) is 23.5. The van der Waals surface area contributed by atoms with Gasteiger partial charge < -0.3 is 0 Å². The summed E-state index contributed by atoms with van der Waals surface area (Å²) in [6.45, 7) is 0.257. The zero-order valence-electron chi connectivity index (χ0n) is 16.5. The van der Waals surface area contributed by atoms with Gasteiger partial charge >= 0.3 is 0 Å². The first-order valence-corrected chi connectivity index (χ1v) is 11.9. The van der Waals surface area contributed by atoms with Crippen molar-refractivity contribution in [2.45, 2.75) is 30.6 Å². The fourth-order valence-electron chi connectivity index (χ4n) is 3.42. The van der Waals surface area contributed by atoms with Crippen LogP contribution in [0.3, 0.4) is 0 Å². The average Bonchev–Trinajstić information content (AvgIpc) is 2.76. The molecule has 0 aliphatic heterocycles. The fraction of sp³-hybridized carbons (Fsp3) is 0.350. The van der Waals surface area contributed by atoms with Crippen LogP contribution in [0.2, 0.25) is 10.0 Å². The van der Waals surface area contributed by atoms with E-state index in [-0.39, 0.29) is 34.2 Å². The lowest BCUT2D eigenvalue weighted by atomic mass is 9.82. The predicted molar refractivity (Wildman–Crippen MR) is 117 cm³/mol. The van der Waals surface area contributed by atoms with Gasteiger partial charge in [0.1, 0.15) is 4.90 Å². The first-order chi connectivity index (χ1) is 14.8. The summed E-state index contributed by atoms with van der Waals surface area (Å²) in [5, 5.41) is 0.422. The van der Waals surface area contributed by atoms with E-state index >= 15 is 0 Å². The quantitative estimate of drug-likeness (QED) is 0.544. The lowest BCUT2D eigenvalue weighted by Gasteiger charge is -2.27. The normalized spacial score (nSPS) is 18.9. The Morgan fingerprint density at radius 1 is 1.06 bits per heavy atom. The summed E-state index contributed by atoms with van der Waals surface area (Å²) in [7, 11) is -3.75. The number of amides is 2. The maximum Gasteiger partial charge on any atom is 0.271 e. The highest BCUT2D eigenvalue weighted by molar-refractivity contribution is 7.89. The van der Waals surface area contributed by atoms with Crippen molar-refractivity contribution in [3.8, 4) is 0 Å². The molecule has 1 aromatic carbocycles. The van der Waals surface area contributed by atoms with E-state index in [0.29, 0.717) is 36.3 Å². The number of benzene rings is 1. The van der Waals surface area contributed by atoms with Gasteiger partial charge in [0, 0.05) is 29.9 Å². The second-order valence-electron chi connectivity index (χ2n) is 7.33. The Hall–Kier alpha value is -2.20. The van der Waals surface area contributed by atoms with Crippen molar-refractivity contribution in [3.05, 3.63) is 58.3 Å². The molecule has 8 nitrogen and oxygen atoms in total. The van der Waals surface area contributed by atoms with Crippen LogP contribution in [0.25, 0.3) is 0 Å². The molecule has 1 heterocycles. The molecule has 1 fully saturated rings. The monoisotopic (exact) mass is 484 g/mol. The van der Waals surface area contributed by atoms with E-state index in [4.69, 9.17) is 23.2 Å². The number of carbonyl (C=O) groups is 2. The molecule has 1 aliphatic carbocycles. The molecule has 0 saturated heterocycles. The molecule has 31 heavy (non-hydrogen) atoms. The number of pyridine rings is 1. The van der Waals surface area contributed by atoms with Crippen molar-refractivity contribution >= 4 is 45.0 Å². The van der Waals surface area contributed by atoms with Gasteiger partial charge in [-0.1, -0.05) is 23.2 Å². The van der Waals surface area contributed by atoms with Gasteiger partial charge in [0.05, 0.1) is 10.6 Å². The van der Waals surface area contributed by atoms with E-state index < -0.39 is 15.9 Å². The Balaban J connectivity index is 1.44. The highest BCUT2D eigenvalue weighted by Gasteiger charge is 2.28. The minimum atomic E-state index is -3.75. The van der Waals surface area contributed by atoms with Crippen molar-refractivity contribution in [2.75, 3.05) is 6.54 Å². The minimum Gasteiger partial charge on any atom is -0.273 e. The number of hydrogen-bond acceptors (Lipinski definition) is 5. The number of rotatable bonds is 6. The van der Waals surface area contributed by atoms with Crippen LogP contribution < -0.4 is 15.6 Å². The SMILES string of the molecule is O=C(NNC(=O)C1CCC(CNS(=O)(=O)c2ccc(Cl)cc2Cl)CC1)c1cccnc1. The van der Waals surface area contributed by atoms with Crippen LogP contribution in [0.5, 0.6) is 0 Å². The Morgan fingerprint density at radius 2 is 1.81 bits per heavy atom. The van der Waals surface area contributed by atoms with Gasteiger partial charge in [-0.15, -0.1) is 0 Å². The van der Waals surface area contributed by atoms with E-state index in [1.165, 1.54) is 24.4 Å². The zero-order chi connectivity index (χ0) is 22.4. The molecule has 0 atom stereocenters. The smallest absolute Gasteiger partial charge is 0.271 e. The molecule has 0 unspecified atom stereocenters. The Morgan fingerprint density at radius 3 is 2.45 bits per heavy atom. The summed E-state index contributed by atoms with van der Waals surface area (Å²) in [5.74, 6) is -0.836. The molecule has 3 rings (SSSR count). The van der Waals surface area contributed by atoms with Crippen molar-refractivity contribution in [1.29, 1.82) is 0 Å². The van der Waals surface area contributed by atoms with Gasteiger partial charge in [0.25, 0.3) is 5.91 Å². The summed E-state index contributed by atoms with van der Waals surface area (Å²) in [5.41, 5.74) is 5.19. The molecule has 1 saturated carbocycles. The van der Waals surface area contributed by atoms with Crippen molar-refractivity contribution in [1.82, 2.24) is 20.6 Å². The first-order valence-electron chi connectivity index (χ1n) is 9.71. The van der Waals surface area contributed by atoms with E-state index in [2.05, 4.69) is 20.6 Å². The topological polar surface area (TPSA) is 117 Å². The molecule has 2 amide bonds. The summed E-state index contributed by atoms with van der Waals surface area (Å²) in [6.07, 6.45) is 5.53. The fourth-order valence-corrected chi connectivity index (χ4v) is 5.30. The molecule has 3 N–H and O–H groups in total. The molecule has 0 bridgehead atoms. The molecule has 11 heteroatoms. The second-order valence-corrected chi connectivity index (χ2v) is 9.91. The molecule has 0 spiro atoms. The number of sulfonamides is 1. The largest absolute Gasteiger partial charge is 0.273 e. The summed E-state index contributed by atoms with van der Waals surface area (Å²) in [4.78, 5) is 28.1. The molecule has 1 aliphatic rings. The molecule has 166 valence electrons. The number of nitrogens with zero attached hydrogens (tertiary/aromatic N) is 1. The standard InChI is InChI=1S/C20H22Cl2N4O4S/c21-16-7-8-18(17(22)10-16)31(29,30)24-11-13-3-5-14(6-4-13)19(27)25-26-20(28)15-2-1-9-23-12-15/h1-2,7-10,12-14,24H,3-6,11H2,(H,25,27)(H,26,28). The van der Waals surface area contributed by atoms with Crippen LogP contribution in [0.4, 0.5) is 0 Å². The molecular formula is C20H22Cl2N4O4S. The Labute approximate surface area is 190 Å². The van der Waals surface area contributed by atoms with Crippen molar-refractivity contribution in [2.24, 2.45) is 11.8 Å². The zero-order valence-corrected chi connectivity index (χ0v) is 18.8. The van der Waals surface area contributed by atoms with Crippen LogP contribution in [-0.4, -0.2) is 31.8 Å². The van der Waals surface area contributed by atoms with E-state index in [9.17, 15) is 18.0 Å². The number of carbonyl (C=O) groups excluding carboxylic acids is 2. The van der Waals surface area contributed by atoms with Crippen LogP contribution >= 0.6 is 23.2 Å². The van der Waals surface area contributed by atoms with Gasteiger partial charge in [-0.2, -0.15) is 0 Å². The number of aromatic nitrogens is 1. The van der Waals surface area contributed by atoms with Crippen LogP contribution in [0.15, 0.2) is 47.6 Å². The van der Waals surface area contributed by atoms with Crippen molar-refractivity contribution in [3.63, 3.8) is 0 Å². The molecule has 0 radical (unpaired) electrons. The van der Waals surface area contributed by atoms with E-state index in [1.54, 1.807) is 18.3 Å². The summed E-state index contributed by atoms with van der Waals surface area (Å²) < 4.78 is 27.6. The number of nitrogens with one attached hydrogen (secondary N) is 3. The third kappa shape index (κ3) is 6.39. The Kier molecular flexibility index (Phi) is 7.88. The highest BCUT2D eigenvalue weighted by atomic mass is 35.5. The third-order valence-electron chi connectivity index (χ3n) is 5.19. The van der Waals surface area contributed by atoms with Crippen LogP contribution in [0.1, 0.15) is 36.0 Å². The number of halogens is 2. The third-order valence-corrected chi connectivity index (χ3v) is 7.33. The highest BCUT2D eigenvalue weighted by Crippen LogP contribution is 2.29.